The van der Waals surface area contributed by atoms with Crippen molar-refractivity contribution in [3.63, 3.8) is 0 Å². The van der Waals surface area contributed by atoms with Crippen molar-refractivity contribution in [1.82, 2.24) is 15.8 Å². The number of aromatic nitrogens is 1. The summed E-state index contributed by atoms with van der Waals surface area (Å²) < 4.78 is 17.7. The van der Waals surface area contributed by atoms with E-state index in [-0.39, 0.29) is 17.9 Å². The Morgan fingerprint density at radius 3 is 2.53 bits per heavy atom. The molecule has 38 heavy (non-hydrogen) atoms. The second kappa shape index (κ2) is 11.1. The molecule has 3 N–H and O–H groups in total. The molecule has 1 saturated heterocycles. The van der Waals surface area contributed by atoms with Gasteiger partial charge in [0.15, 0.2) is 0 Å². The molecule has 0 radical (unpaired) electrons. The average molecular weight is 520 g/mol. The number of pyridine rings is 1. The Balaban J connectivity index is 1.24. The van der Waals surface area contributed by atoms with Crippen LogP contribution in [0.25, 0.3) is 10.9 Å². The number of rotatable bonds is 7. The van der Waals surface area contributed by atoms with Crippen LogP contribution in [0.5, 0.6) is 5.75 Å². The van der Waals surface area contributed by atoms with Crippen molar-refractivity contribution in [2.24, 2.45) is 0 Å². The highest BCUT2D eigenvalue weighted by molar-refractivity contribution is 5.95. The third kappa shape index (κ3) is 5.80. The van der Waals surface area contributed by atoms with E-state index in [2.05, 4.69) is 10.3 Å². The third-order valence-corrected chi connectivity index (χ3v) is 7.56. The van der Waals surface area contributed by atoms with E-state index in [9.17, 15) is 9.59 Å². The van der Waals surface area contributed by atoms with Crippen LogP contribution in [-0.4, -0.2) is 53.0 Å². The van der Waals surface area contributed by atoms with E-state index in [1.54, 1.807) is 29.7 Å². The molecule has 9 heteroatoms. The van der Waals surface area contributed by atoms with Gasteiger partial charge in [-0.15, -0.1) is 0 Å². The van der Waals surface area contributed by atoms with E-state index in [1.807, 2.05) is 37.3 Å². The third-order valence-electron chi connectivity index (χ3n) is 7.56. The van der Waals surface area contributed by atoms with Gasteiger partial charge in [-0.2, -0.15) is 0 Å². The number of aryl methyl sites for hydroxylation is 1. The fraction of sp³-hybridized carbons (Fsp3) is 0.414. The molecule has 3 aromatic rings. The van der Waals surface area contributed by atoms with Gasteiger partial charge < -0.3 is 19.5 Å². The topological polar surface area (TPSA) is 119 Å². The van der Waals surface area contributed by atoms with E-state index >= 15 is 0 Å². The van der Waals surface area contributed by atoms with Crippen LogP contribution in [0, 0.1) is 6.92 Å². The highest BCUT2D eigenvalue weighted by atomic mass is 16.6. The van der Waals surface area contributed by atoms with Crippen molar-refractivity contribution in [3.8, 4) is 5.75 Å². The SMILES string of the molecule is Cc1cc(COc2ccc(C(=O)N[C@]3(CC(=O)NO)CC[C@@]4(CC3)COCCO4)cc2)c2ccccc2n1. The zero-order valence-corrected chi connectivity index (χ0v) is 21.5. The summed E-state index contributed by atoms with van der Waals surface area (Å²) in [6.45, 7) is 3.97. The Hall–Kier alpha value is -3.53. The molecule has 1 saturated carbocycles. The van der Waals surface area contributed by atoms with Gasteiger partial charge in [0.2, 0.25) is 5.91 Å². The lowest BCUT2D eigenvalue weighted by molar-refractivity contribution is -0.178. The molecule has 2 fully saturated rings. The molecule has 0 atom stereocenters. The Morgan fingerprint density at radius 1 is 1.05 bits per heavy atom. The Morgan fingerprint density at radius 2 is 1.82 bits per heavy atom. The lowest BCUT2D eigenvalue weighted by Crippen LogP contribution is -2.58. The molecule has 200 valence electrons. The molecule has 2 aliphatic rings. The Labute approximate surface area is 221 Å². The maximum atomic E-state index is 13.2. The van der Waals surface area contributed by atoms with Crippen LogP contribution in [0.3, 0.4) is 0 Å². The van der Waals surface area contributed by atoms with Crippen LogP contribution >= 0.6 is 0 Å². The predicted molar refractivity (Wildman–Crippen MR) is 140 cm³/mol. The summed E-state index contributed by atoms with van der Waals surface area (Å²) in [4.78, 5) is 29.9. The van der Waals surface area contributed by atoms with Crippen LogP contribution in [0.2, 0.25) is 0 Å². The van der Waals surface area contributed by atoms with Gasteiger partial charge in [-0.25, -0.2) is 5.48 Å². The summed E-state index contributed by atoms with van der Waals surface area (Å²) in [6.07, 6.45) is 2.36. The number of ether oxygens (including phenoxy) is 3. The number of para-hydroxylation sites is 1. The molecular weight excluding hydrogens is 486 g/mol. The van der Waals surface area contributed by atoms with Gasteiger partial charge >= 0.3 is 0 Å². The highest BCUT2D eigenvalue weighted by Crippen LogP contribution is 2.40. The zero-order chi connectivity index (χ0) is 26.6. The van der Waals surface area contributed by atoms with Crippen molar-refractivity contribution < 1.29 is 29.0 Å². The predicted octanol–water partition coefficient (Wildman–Crippen LogP) is 3.85. The highest BCUT2D eigenvalue weighted by Gasteiger charge is 2.46. The molecule has 2 heterocycles. The van der Waals surface area contributed by atoms with Crippen molar-refractivity contribution in [2.45, 2.75) is 56.8 Å². The van der Waals surface area contributed by atoms with E-state index in [1.165, 1.54) is 0 Å². The van der Waals surface area contributed by atoms with Gasteiger partial charge in [-0.1, -0.05) is 18.2 Å². The average Bonchev–Trinajstić information content (AvgIpc) is 2.94. The Kier molecular flexibility index (Phi) is 7.60. The lowest BCUT2D eigenvalue weighted by Gasteiger charge is -2.47. The summed E-state index contributed by atoms with van der Waals surface area (Å²) in [5, 5.41) is 13.3. The molecule has 1 aromatic heterocycles. The van der Waals surface area contributed by atoms with Crippen LogP contribution in [-0.2, 0) is 20.9 Å². The second-order valence-electron chi connectivity index (χ2n) is 10.3. The van der Waals surface area contributed by atoms with Crippen molar-refractivity contribution in [1.29, 1.82) is 0 Å². The van der Waals surface area contributed by atoms with Gasteiger partial charge in [0.05, 0.1) is 37.4 Å². The lowest BCUT2D eigenvalue weighted by atomic mass is 9.72. The van der Waals surface area contributed by atoms with Crippen molar-refractivity contribution in [3.05, 3.63) is 71.4 Å². The number of carbonyl (C=O) groups excluding carboxylic acids is 2. The van der Waals surface area contributed by atoms with E-state index in [0.29, 0.717) is 63.4 Å². The number of benzene rings is 2. The summed E-state index contributed by atoms with van der Waals surface area (Å²) in [5.74, 6) is -0.178. The maximum Gasteiger partial charge on any atom is 0.251 e. The van der Waals surface area contributed by atoms with Gasteiger partial charge in [-0.05, 0) is 69.0 Å². The maximum absolute atomic E-state index is 13.2. The van der Waals surface area contributed by atoms with Gasteiger partial charge in [0.1, 0.15) is 12.4 Å². The summed E-state index contributed by atoms with van der Waals surface area (Å²) in [7, 11) is 0. The molecule has 2 amide bonds. The number of nitrogens with one attached hydrogen (secondary N) is 2. The molecule has 0 bridgehead atoms. The van der Waals surface area contributed by atoms with E-state index in [4.69, 9.17) is 19.4 Å². The first kappa shape index (κ1) is 26.1. The smallest absolute Gasteiger partial charge is 0.251 e. The normalized spacial score (nSPS) is 23.2. The molecular formula is C29H33N3O6. The minimum atomic E-state index is -0.786. The van der Waals surface area contributed by atoms with Gasteiger partial charge in [0.25, 0.3) is 5.91 Å². The molecule has 0 unspecified atom stereocenters. The molecule has 1 aliphatic carbocycles. The van der Waals surface area contributed by atoms with Crippen LogP contribution in [0.15, 0.2) is 54.6 Å². The zero-order valence-electron chi connectivity index (χ0n) is 21.5. The number of nitrogens with zero attached hydrogens (tertiary/aromatic N) is 1. The van der Waals surface area contributed by atoms with Crippen LogP contribution in [0.1, 0.15) is 53.7 Å². The largest absolute Gasteiger partial charge is 0.489 e. The second-order valence-corrected chi connectivity index (χ2v) is 10.3. The minimum absolute atomic E-state index is 0.0212. The number of amides is 2. The molecule has 5 rings (SSSR count). The molecule has 9 nitrogen and oxygen atoms in total. The fourth-order valence-electron chi connectivity index (χ4n) is 5.47. The van der Waals surface area contributed by atoms with Crippen LogP contribution in [0.4, 0.5) is 0 Å². The van der Waals surface area contributed by atoms with E-state index in [0.717, 1.165) is 22.2 Å². The summed E-state index contributed by atoms with van der Waals surface area (Å²) >= 11 is 0. The number of fused-ring (bicyclic) bond motifs is 1. The first-order chi connectivity index (χ1) is 18.4. The molecule has 2 aromatic carbocycles. The number of hydrogen-bond donors (Lipinski definition) is 3. The van der Waals surface area contributed by atoms with E-state index < -0.39 is 11.4 Å². The van der Waals surface area contributed by atoms with Crippen LogP contribution < -0.4 is 15.5 Å². The standard InChI is InChI=1S/C29H33N3O6/c1-20-16-22(24-4-2-3-5-25(24)30-20)18-37-23-8-6-21(7-9-23)27(34)31-28(17-26(33)32-35)10-12-29(13-11-28)19-36-14-15-38-29/h2-9,16,35H,10-15,17-19H2,1H3,(H,31,34)(H,32,33)/t28-,29-. The minimum Gasteiger partial charge on any atom is -0.489 e. The van der Waals surface area contributed by atoms with Gasteiger partial charge in [0, 0.05) is 27.7 Å². The number of hydroxylamine groups is 1. The Bertz CT molecular complexity index is 1290. The first-order valence-corrected chi connectivity index (χ1v) is 12.9. The monoisotopic (exact) mass is 519 g/mol. The quantitative estimate of drug-likeness (QED) is 0.321. The van der Waals surface area contributed by atoms with Gasteiger partial charge in [-0.3, -0.25) is 19.8 Å². The molecule has 1 spiro atoms. The summed E-state index contributed by atoms with van der Waals surface area (Å²) in [5.41, 5.74) is 3.90. The van der Waals surface area contributed by atoms with Crippen molar-refractivity contribution in [2.75, 3.05) is 19.8 Å². The number of carbonyl (C=O) groups is 2. The number of hydrogen-bond acceptors (Lipinski definition) is 7. The van der Waals surface area contributed by atoms with Crippen molar-refractivity contribution >= 4 is 22.7 Å². The fourth-order valence-corrected chi connectivity index (χ4v) is 5.47. The molecule has 1 aliphatic heterocycles. The summed E-state index contributed by atoms with van der Waals surface area (Å²) in [6, 6.07) is 16.9. The first-order valence-electron chi connectivity index (χ1n) is 12.9.